The molecule has 5 nitrogen and oxygen atoms in total. The number of thioether (sulfide) groups is 1. The molecule has 0 saturated heterocycles. The Balaban J connectivity index is 2.39. The third kappa shape index (κ3) is 5.20. The van der Waals surface area contributed by atoms with Crippen LogP contribution in [0.3, 0.4) is 0 Å². The first-order valence-corrected chi connectivity index (χ1v) is 6.43. The number of hydrogen-bond acceptors (Lipinski definition) is 4. The van der Waals surface area contributed by atoms with Crippen LogP contribution in [0.4, 0.5) is 0 Å². The molecule has 3 N–H and O–H groups in total. The van der Waals surface area contributed by atoms with Gasteiger partial charge < -0.3 is 15.5 Å². The van der Waals surface area contributed by atoms with Gasteiger partial charge in [0.25, 0.3) is 0 Å². The summed E-state index contributed by atoms with van der Waals surface area (Å²) in [6.45, 7) is -0.275. The molecule has 0 fully saturated rings. The summed E-state index contributed by atoms with van der Waals surface area (Å²) in [7, 11) is 0. The van der Waals surface area contributed by atoms with Gasteiger partial charge in [-0.05, 0) is 12.1 Å². The first-order valence-electron chi connectivity index (χ1n) is 5.44. The Hall–Kier alpha value is -1.53. The van der Waals surface area contributed by atoms with E-state index in [4.69, 9.17) is 10.2 Å². The third-order valence-electron chi connectivity index (χ3n) is 2.16. The van der Waals surface area contributed by atoms with E-state index in [0.29, 0.717) is 0 Å². The quantitative estimate of drug-likeness (QED) is 0.635. The largest absolute Gasteiger partial charge is 0.480 e. The van der Waals surface area contributed by atoms with Crippen LogP contribution < -0.4 is 5.32 Å². The summed E-state index contributed by atoms with van der Waals surface area (Å²) in [6, 6.07) is 8.34. The highest BCUT2D eigenvalue weighted by atomic mass is 32.2. The lowest BCUT2D eigenvalue weighted by molar-refractivity contribution is -0.141. The average Bonchev–Trinajstić information content (AvgIpc) is 2.37. The molecule has 0 saturated carbocycles. The molecule has 1 aromatic rings. The summed E-state index contributed by atoms with van der Waals surface area (Å²) >= 11 is 1.33. The van der Waals surface area contributed by atoms with E-state index >= 15 is 0 Å². The van der Waals surface area contributed by atoms with E-state index in [1.807, 2.05) is 30.3 Å². The van der Waals surface area contributed by atoms with Crippen molar-refractivity contribution in [1.82, 2.24) is 5.32 Å². The van der Waals surface area contributed by atoms with Gasteiger partial charge in [-0.2, -0.15) is 0 Å². The van der Waals surface area contributed by atoms with E-state index in [1.54, 1.807) is 0 Å². The zero-order valence-corrected chi connectivity index (χ0v) is 10.5. The standard InChI is InChI=1S/C12H15NO4S/c14-7-6-10(12(16)17)13-11(15)8-18-9-4-2-1-3-5-9/h1-5,10,14H,6-8H2,(H,13,15)(H,16,17). The molecule has 1 atom stereocenters. The van der Waals surface area contributed by atoms with Crippen molar-refractivity contribution < 1.29 is 19.8 Å². The molecule has 1 unspecified atom stereocenters. The van der Waals surface area contributed by atoms with Crippen LogP contribution in [0, 0.1) is 0 Å². The molecular weight excluding hydrogens is 254 g/mol. The Kier molecular flexibility index (Phi) is 6.24. The molecule has 0 heterocycles. The number of carboxylic acids is 1. The van der Waals surface area contributed by atoms with Crippen LogP contribution in [-0.2, 0) is 9.59 Å². The Morgan fingerprint density at radius 2 is 1.94 bits per heavy atom. The van der Waals surface area contributed by atoms with Crippen molar-refractivity contribution in [3.63, 3.8) is 0 Å². The van der Waals surface area contributed by atoms with E-state index in [-0.39, 0.29) is 24.7 Å². The lowest BCUT2D eigenvalue weighted by Crippen LogP contribution is -2.42. The molecule has 1 aromatic carbocycles. The monoisotopic (exact) mass is 269 g/mol. The first-order chi connectivity index (χ1) is 8.63. The highest BCUT2D eigenvalue weighted by Gasteiger charge is 2.18. The summed E-state index contributed by atoms with van der Waals surface area (Å²) in [6.07, 6.45) is 0.0110. The third-order valence-corrected chi connectivity index (χ3v) is 3.18. The van der Waals surface area contributed by atoms with E-state index in [9.17, 15) is 9.59 Å². The van der Waals surface area contributed by atoms with Gasteiger partial charge >= 0.3 is 5.97 Å². The summed E-state index contributed by atoms with van der Waals surface area (Å²) < 4.78 is 0. The number of aliphatic carboxylic acids is 1. The fraction of sp³-hybridized carbons (Fsp3) is 0.333. The van der Waals surface area contributed by atoms with Crippen LogP contribution in [-0.4, -0.2) is 40.5 Å². The van der Waals surface area contributed by atoms with Crippen molar-refractivity contribution >= 4 is 23.6 Å². The Labute approximate surface area is 109 Å². The summed E-state index contributed by atoms with van der Waals surface area (Å²) in [5, 5.41) is 19.9. The SMILES string of the molecule is O=C(CSc1ccccc1)NC(CCO)C(=O)O. The van der Waals surface area contributed by atoms with Crippen LogP contribution in [0.15, 0.2) is 35.2 Å². The van der Waals surface area contributed by atoms with Crippen LogP contribution in [0.5, 0.6) is 0 Å². The molecule has 0 radical (unpaired) electrons. The van der Waals surface area contributed by atoms with Gasteiger partial charge in [-0.15, -0.1) is 11.8 Å². The van der Waals surface area contributed by atoms with Crippen molar-refractivity contribution in [3.8, 4) is 0 Å². The van der Waals surface area contributed by atoms with Crippen LogP contribution >= 0.6 is 11.8 Å². The van der Waals surface area contributed by atoms with Crippen molar-refractivity contribution in [2.45, 2.75) is 17.4 Å². The molecular formula is C12H15NO4S. The van der Waals surface area contributed by atoms with Gasteiger partial charge in [0.2, 0.25) is 5.91 Å². The minimum Gasteiger partial charge on any atom is -0.480 e. The predicted octanol–water partition coefficient (Wildman–Crippen LogP) is 0.731. The molecule has 18 heavy (non-hydrogen) atoms. The lowest BCUT2D eigenvalue weighted by atomic mass is 10.2. The van der Waals surface area contributed by atoms with E-state index in [2.05, 4.69) is 5.32 Å². The summed E-state index contributed by atoms with van der Waals surface area (Å²) in [5.41, 5.74) is 0. The van der Waals surface area contributed by atoms with Crippen molar-refractivity contribution in [3.05, 3.63) is 30.3 Å². The van der Waals surface area contributed by atoms with Gasteiger partial charge in [0.05, 0.1) is 5.75 Å². The fourth-order valence-electron chi connectivity index (χ4n) is 1.29. The molecule has 1 amide bonds. The number of aliphatic hydroxyl groups is 1. The predicted molar refractivity (Wildman–Crippen MR) is 68.4 cm³/mol. The number of nitrogens with one attached hydrogen (secondary N) is 1. The minimum atomic E-state index is -1.14. The maximum absolute atomic E-state index is 11.5. The van der Waals surface area contributed by atoms with Crippen LogP contribution in [0.1, 0.15) is 6.42 Å². The molecule has 0 spiro atoms. The highest BCUT2D eigenvalue weighted by Crippen LogP contribution is 2.16. The summed E-state index contributed by atoms with van der Waals surface area (Å²) in [4.78, 5) is 23.2. The van der Waals surface area contributed by atoms with E-state index < -0.39 is 12.0 Å². The first kappa shape index (κ1) is 14.5. The Morgan fingerprint density at radius 3 is 2.50 bits per heavy atom. The van der Waals surface area contributed by atoms with Gasteiger partial charge in [0, 0.05) is 17.9 Å². The Bertz CT molecular complexity index is 396. The number of hydrogen-bond donors (Lipinski definition) is 3. The second-order valence-electron chi connectivity index (χ2n) is 3.57. The molecule has 6 heteroatoms. The minimum absolute atomic E-state index is 0.0110. The molecule has 1 rings (SSSR count). The zero-order chi connectivity index (χ0) is 13.4. The molecule has 0 aromatic heterocycles. The van der Waals surface area contributed by atoms with Gasteiger partial charge in [-0.1, -0.05) is 18.2 Å². The second-order valence-corrected chi connectivity index (χ2v) is 4.62. The van der Waals surface area contributed by atoms with Crippen LogP contribution in [0.2, 0.25) is 0 Å². The van der Waals surface area contributed by atoms with E-state index in [1.165, 1.54) is 11.8 Å². The van der Waals surface area contributed by atoms with Crippen molar-refractivity contribution in [2.24, 2.45) is 0 Å². The maximum Gasteiger partial charge on any atom is 0.326 e. The summed E-state index contributed by atoms with van der Waals surface area (Å²) in [5.74, 6) is -1.34. The number of benzene rings is 1. The Morgan fingerprint density at radius 1 is 1.28 bits per heavy atom. The number of aliphatic hydroxyl groups excluding tert-OH is 1. The molecule has 98 valence electrons. The lowest BCUT2D eigenvalue weighted by Gasteiger charge is -2.12. The molecule has 0 aliphatic rings. The van der Waals surface area contributed by atoms with Crippen molar-refractivity contribution in [2.75, 3.05) is 12.4 Å². The maximum atomic E-state index is 11.5. The molecule has 0 aliphatic carbocycles. The number of rotatable bonds is 7. The highest BCUT2D eigenvalue weighted by molar-refractivity contribution is 8.00. The van der Waals surface area contributed by atoms with Gasteiger partial charge in [-0.3, -0.25) is 4.79 Å². The van der Waals surface area contributed by atoms with E-state index in [0.717, 1.165) is 4.90 Å². The average molecular weight is 269 g/mol. The number of carboxylic acid groups (broad SMARTS) is 1. The topological polar surface area (TPSA) is 86.6 Å². The zero-order valence-electron chi connectivity index (χ0n) is 9.70. The van der Waals surface area contributed by atoms with Crippen LogP contribution in [0.25, 0.3) is 0 Å². The van der Waals surface area contributed by atoms with Gasteiger partial charge in [0.15, 0.2) is 0 Å². The smallest absolute Gasteiger partial charge is 0.326 e. The molecule has 0 bridgehead atoms. The normalized spacial score (nSPS) is 11.8. The van der Waals surface area contributed by atoms with Gasteiger partial charge in [0.1, 0.15) is 6.04 Å². The number of carbonyl (C=O) groups excluding carboxylic acids is 1. The number of amides is 1. The van der Waals surface area contributed by atoms with Crippen molar-refractivity contribution in [1.29, 1.82) is 0 Å². The second kappa shape index (κ2) is 7.73. The number of carbonyl (C=O) groups is 2. The fourth-order valence-corrected chi connectivity index (χ4v) is 2.02. The van der Waals surface area contributed by atoms with Gasteiger partial charge in [-0.25, -0.2) is 4.79 Å². The molecule has 0 aliphatic heterocycles.